The van der Waals surface area contributed by atoms with Crippen LogP contribution in [-0.2, 0) is 0 Å². The summed E-state index contributed by atoms with van der Waals surface area (Å²) >= 11 is 0. The van der Waals surface area contributed by atoms with Crippen LogP contribution in [0.15, 0.2) is 18.2 Å². The molecule has 1 aromatic carbocycles. The molecular weight excluding hydrogens is 221 g/mol. The SMILES string of the molecule is CC(C)(C)CCNC(=O)c1ccc(F)cc1O. The fourth-order valence-corrected chi connectivity index (χ4v) is 1.34. The Morgan fingerprint density at radius 1 is 1.41 bits per heavy atom. The zero-order valence-corrected chi connectivity index (χ0v) is 10.4. The molecule has 94 valence electrons. The Morgan fingerprint density at radius 3 is 2.59 bits per heavy atom. The van der Waals surface area contributed by atoms with Crippen LogP contribution >= 0.6 is 0 Å². The minimum Gasteiger partial charge on any atom is -0.507 e. The van der Waals surface area contributed by atoms with Crippen LogP contribution in [0.5, 0.6) is 5.75 Å². The molecule has 2 N–H and O–H groups in total. The predicted molar refractivity (Wildman–Crippen MR) is 64.5 cm³/mol. The number of aromatic hydroxyl groups is 1. The van der Waals surface area contributed by atoms with Crippen LogP contribution in [0, 0.1) is 11.2 Å². The first-order valence-electron chi connectivity index (χ1n) is 5.56. The lowest BCUT2D eigenvalue weighted by Gasteiger charge is -2.18. The number of nitrogens with one attached hydrogen (secondary N) is 1. The maximum absolute atomic E-state index is 12.7. The van der Waals surface area contributed by atoms with Gasteiger partial charge in [-0.1, -0.05) is 20.8 Å². The quantitative estimate of drug-likeness (QED) is 0.852. The third-order valence-electron chi connectivity index (χ3n) is 2.36. The van der Waals surface area contributed by atoms with Gasteiger partial charge in [-0.15, -0.1) is 0 Å². The Balaban J connectivity index is 2.59. The summed E-state index contributed by atoms with van der Waals surface area (Å²) in [5.41, 5.74) is 0.235. The van der Waals surface area contributed by atoms with Crippen LogP contribution < -0.4 is 5.32 Å². The summed E-state index contributed by atoms with van der Waals surface area (Å²) in [7, 11) is 0. The van der Waals surface area contributed by atoms with E-state index >= 15 is 0 Å². The molecule has 0 aromatic heterocycles. The molecule has 0 aliphatic rings. The van der Waals surface area contributed by atoms with Gasteiger partial charge in [-0.25, -0.2) is 4.39 Å². The van der Waals surface area contributed by atoms with Crippen molar-refractivity contribution in [2.75, 3.05) is 6.54 Å². The van der Waals surface area contributed by atoms with Crippen LogP contribution in [0.3, 0.4) is 0 Å². The molecule has 0 saturated carbocycles. The molecular formula is C13H18FNO2. The van der Waals surface area contributed by atoms with E-state index in [1.54, 1.807) is 0 Å². The van der Waals surface area contributed by atoms with Crippen LogP contribution in [0.2, 0.25) is 0 Å². The smallest absolute Gasteiger partial charge is 0.255 e. The van der Waals surface area contributed by atoms with Crippen molar-refractivity contribution in [3.63, 3.8) is 0 Å². The van der Waals surface area contributed by atoms with Crippen molar-refractivity contribution in [1.29, 1.82) is 0 Å². The van der Waals surface area contributed by atoms with Gasteiger partial charge in [-0.05, 0) is 24.0 Å². The zero-order valence-electron chi connectivity index (χ0n) is 10.4. The summed E-state index contributed by atoms with van der Waals surface area (Å²) < 4.78 is 12.7. The van der Waals surface area contributed by atoms with Crippen molar-refractivity contribution >= 4 is 5.91 Å². The molecule has 1 rings (SSSR count). The first-order chi connectivity index (χ1) is 7.79. The minimum atomic E-state index is -0.561. The average molecular weight is 239 g/mol. The lowest BCUT2D eigenvalue weighted by molar-refractivity contribution is 0.0947. The largest absolute Gasteiger partial charge is 0.507 e. The van der Waals surface area contributed by atoms with Gasteiger partial charge < -0.3 is 10.4 Å². The number of halogens is 1. The molecule has 0 fully saturated rings. The predicted octanol–water partition coefficient (Wildman–Crippen LogP) is 2.70. The molecule has 0 unspecified atom stereocenters. The van der Waals surface area contributed by atoms with Gasteiger partial charge in [0.1, 0.15) is 11.6 Å². The molecule has 1 amide bonds. The van der Waals surface area contributed by atoms with Crippen molar-refractivity contribution in [1.82, 2.24) is 5.32 Å². The maximum atomic E-state index is 12.7. The van der Waals surface area contributed by atoms with E-state index in [2.05, 4.69) is 26.1 Å². The van der Waals surface area contributed by atoms with Gasteiger partial charge in [-0.2, -0.15) is 0 Å². The van der Waals surface area contributed by atoms with E-state index in [0.29, 0.717) is 6.54 Å². The van der Waals surface area contributed by atoms with E-state index in [1.807, 2.05) is 0 Å². The Hall–Kier alpha value is -1.58. The zero-order chi connectivity index (χ0) is 13.1. The van der Waals surface area contributed by atoms with E-state index < -0.39 is 5.82 Å². The standard InChI is InChI=1S/C13H18FNO2/c1-13(2,3)6-7-15-12(17)10-5-4-9(14)8-11(10)16/h4-5,8,16H,6-7H2,1-3H3,(H,15,17). The highest BCUT2D eigenvalue weighted by Gasteiger charge is 2.13. The molecule has 0 bridgehead atoms. The summed E-state index contributed by atoms with van der Waals surface area (Å²) in [6, 6.07) is 3.36. The lowest BCUT2D eigenvalue weighted by atomic mass is 9.92. The molecule has 0 aliphatic heterocycles. The molecule has 0 radical (unpaired) electrons. The highest BCUT2D eigenvalue weighted by atomic mass is 19.1. The van der Waals surface area contributed by atoms with Crippen LogP contribution in [0.1, 0.15) is 37.6 Å². The van der Waals surface area contributed by atoms with Gasteiger partial charge in [0.25, 0.3) is 5.91 Å². The highest BCUT2D eigenvalue weighted by Crippen LogP contribution is 2.19. The molecule has 17 heavy (non-hydrogen) atoms. The Kier molecular flexibility index (Phi) is 4.10. The Bertz CT molecular complexity index is 410. The van der Waals surface area contributed by atoms with Crippen LogP contribution in [-0.4, -0.2) is 17.6 Å². The first kappa shape index (κ1) is 13.5. The molecule has 0 aliphatic carbocycles. The number of carbonyl (C=O) groups is 1. The summed E-state index contributed by atoms with van der Waals surface area (Å²) in [6.07, 6.45) is 0.834. The van der Waals surface area contributed by atoms with Crippen molar-refractivity contribution in [2.24, 2.45) is 5.41 Å². The molecule has 0 atom stereocenters. The molecule has 0 saturated heterocycles. The van der Waals surface area contributed by atoms with Gasteiger partial charge >= 0.3 is 0 Å². The topological polar surface area (TPSA) is 49.3 Å². The molecule has 1 aromatic rings. The number of hydrogen-bond donors (Lipinski definition) is 2. The van der Waals surface area contributed by atoms with Gasteiger partial charge in [0.15, 0.2) is 0 Å². The monoisotopic (exact) mass is 239 g/mol. The highest BCUT2D eigenvalue weighted by molar-refractivity contribution is 5.96. The Labute approximate surface area is 101 Å². The van der Waals surface area contributed by atoms with Gasteiger partial charge in [0.2, 0.25) is 0 Å². The number of rotatable bonds is 3. The van der Waals surface area contributed by atoms with Gasteiger partial charge in [-0.3, -0.25) is 4.79 Å². The second-order valence-corrected chi connectivity index (χ2v) is 5.23. The normalized spacial score (nSPS) is 11.3. The van der Waals surface area contributed by atoms with Crippen LogP contribution in [0.4, 0.5) is 4.39 Å². The maximum Gasteiger partial charge on any atom is 0.255 e. The Morgan fingerprint density at radius 2 is 2.06 bits per heavy atom. The van der Waals surface area contributed by atoms with E-state index in [0.717, 1.165) is 18.6 Å². The van der Waals surface area contributed by atoms with Crippen LogP contribution in [0.25, 0.3) is 0 Å². The average Bonchev–Trinajstić information content (AvgIpc) is 2.15. The molecule has 0 spiro atoms. The number of carbonyl (C=O) groups excluding carboxylic acids is 1. The molecule has 3 nitrogen and oxygen atoms in total. The summed E-state index contributed by atoms with van der Waals surface area (Å²) in [5, 5.41) is 12.1. The first-order valence-corrected chi connectivity index (χ1v) is 5.56. The summed E-state index contributed by atoms with van der Waals surface area (Å²) in [5.74, 6) is -1.28. The third kappa shape index (κ3) is 4.43. The van der Waals surface area contributed by atoms with E-state index in [9.17, 15) is 14.3 Å². The number of phenolic OH excluding ortho intramolecular Hbond substituents is 1. The lowest BCUT2D eigenvalue weighted by Crippen LogP contribution is -2.27. The molecule has 0 heterocycles. The fraction of sp³-hybridized carbons (Fsp3) is 0.462. The second-order valence-electron chi connectivity index (χ2n) is 5.23. The van der Waals surface area contributed by atoms with Crippen molar-refractivity contribution in [3.8, 4) is 5.75 Å². The number of phenols is 1. The van der Waals surface area contributed by atoms with Crippen molar-refractivity contribution in [3.05, 3.63) is 29.6 Å². The minimum absolute atomic E-state index is 0.0975. The van der Waals surface area contributed by atoms with Gasteiger partial charge in [0, 0.05) is 12.6 Å². The number of amides is 1. The van der Waals surface area contributed by atoms with Gasteiger partial charge in [0.05, 0.1) is 5.56 Å². The van der Waals surface area contributed by atoms with Crippen molar-refractivity contribution < 1.29 is 14.3 Å². The van der Waals surface area contributed by atoms with Crippen molar-refractivity contribution in [2.45, 2.75) is 27.2 Å². The third-order valence-corrected chi connectivity index (χ3v) is 2.36. The fourth-order valence-electron chi connectivity index (χ4n) is 1.34. The molecule has 4 heteroatoms. The summed E-state index contributed by atoms with van der Waals surface area (Å²) in [6.45, 7) is 6.76. The number of benzene rings is 1. The summed E-state index contributed by atoms with van der Waals surface area (Å²) in [4.78, 5) is 11.7. The van der Waals surface area contributed by atoms with E-state index in [-0.39, 0.29) is 22.6 Å². The second kappa shape index (κ2) is 5.17. The number of hydrogen-bond acceptors (Lipinski definition) is 2. The van der Waals surface area contributed by atoms with E-state index in [1.165, 1.54) is 6.07 Å². The van der Waals surface area contributed by atoms with E-state index in [4.69, 9.17) is 0 Å².